The SMILES string of the molecule is C1CC[C@@H](c2nc([C@@H]3CCCSCC3)no2)NC1. The number of nitrogens with zero attached hydrogens (tertiary/aromatic N) is 2. The van der Waals surface area contributed by atoms with Gasteiger partial charge in [-0.3, -0.25) is 0 Å². The summed E-state index contributed by atoms with van der Waals surface area (Å²) < 4.78 is 5.47. The molecular weight excluding hydrogens is 246 g/mol. The van der Waals surface area contributed by atoms with Crippen LogP contribution in [0.5, 0.6) is 0 Å². The lowest BCUT2D eigenvalue weighted by molar-refractivity contribution is 0.295. The summed E-state index contributed by atoms with van der Waals surface area (Å²) in [5.74, 6) is 4.78. The average Bonchev–Trinajstić information content (AvgIpc) is 2.76. The molecule has 3 rings (SSSR count). The second-order valence-corrected chi connectivity index (χ2v) is 6.46. The van der Waals surface area contributed by atoms with E-state index in [0.29, 0.717) is 12.0 Å². The summed E-state index contributed by atoms with van der Waals surface area (Å²) in [6.45, 7) is 1.07. The second kappa shape index (κ2) is 6.06. The molecule has 2 aliphatic rings. The van der Waals surface area contributed by atoms with Crippen molar-refractivity contribution >= 4 is 11.8 Å². The fourth-order valence-corrected chi connectivity index (χ4v) is 3.81. The normalized spacial score (nSPS) is 30.0. The second-order valence-electron chi connectivity index (χ2n) is 5.23. The molecule has 0 aromatic carbocycles. The molecule has 3 heterocycles. The van der Waals surface area contributed by atoms with Crippen molar-refractivity contribution in [3.63, 3.8) is 0 Å². The van der Waals surface area contributed by atoms with Crippen molar-refractivity contribution in [3.05, 3.63) is 11.7 Å². The highest BCUT2D eigenvalue weighted by atomic mass is 32.2. The van der Waals surface area contributed by atoms with Crippen molar-refractivity contribution < 1.29 is 4.52 Å². The quantitative estimate of drug-likeness (QED) is 0.893. The van der Waals surface area contributed by atoms with Crippen molar-refractivity contribution in [3.8, 4) is 0 Å². The van der Waals surface area contributed by atoms with Crippen molar-refractivity contribution in [2.24, 2.45) is 0 Å². The molecule has 0 bridgehead atoms. The molecule has 0 saturated carbocycles. The minimum atomic E-state index is 0.292. The molecule has 1 aromatic rings. The smallest absolute Gasteiger partial charge is 0.243 e. The Kier molecular flexibility index (Phi) is 4.20. The zero-order valence-electron chi connectivity index (χ0n) is 10.7. The molecule has 18 heavy (non-hydrogen) atoms. The van der Waals surface area contributed by atoms with Gasteiger partial charge in [-0.15, -0.1) is 0 Å². The van der Waals surface area contributed by atoms with E-state index in [9.17, 15) is 0 Å². The molecule has 2 saturated heterocycles. The highest BCUT2D eigenvalue weighted by Crippen LogP contribution is 2.30. The maximum atomic E-state index is 5.47. The highest BCUT2D eigenvalue weighted by Gasteiger charge is 2.24. The van der Waals surface area contributed by atoms with E-state index in [4.69, 9.17) is 4.52 Å². The van der Waals surface area contributed by atoms with Crippen LogP contribution in [0, 0.1) is 0 Å². The maximum Gasteiger partial charge on any atom is 0.243 e. The van der Waals surface area contributed by atoms with Crippen LogP contribution >= 0.6 is 11.8 Å². The van der Waals surface area contributed by atoms with Gasteiger partial charge in [-0.1, -0.05) is 11.6 Å². The van der Waals surface area contributed by atoms with Gasteiger partial charge in [-0.05, 0) is 50.2 Å². The minimum Gasteiger partial charge on any atom is -0.338 e. The lowest BCUT2D eigenvalue weighted by Gasteiger charge is -2.19. The van der Waals surface area contributed by atoms with Crippen LogP contribution in [-0.2, 0) is 0 Å². The van der Waals surface area contributed by atoms with Gasteiger partial charge in [-0.2, -0.15) is 16.7 Å². The van der Waals surface area contributed by atoms with Crippen LogP contribution in [0.1, 0.15) is 62.2 Å². The van der Waals surface area contributed by atoms with Gasteiger partial charge >= 0.3 is 0 Å². The van der Waals surface area contributed by atoms with Crippen LogP contribution in [0.3, 0.4) is 0 Å². The topological polar surface area (TPSA) is 51.0 Å². The van der Waals surface area contributed by atoms with E-state index in [2.05, 4.69) is 27.2 Å². The Morgan fingerprint density at radius 3 is 3.00 bits per heavy atom. The van der Waals surface area contributed by atoms with E-state index in [1.807, 2.05) is 0 Å². The Labute approximate surface area is 112 Å². The number of piperidine rings is 1. The van der Waals surface area contributed by atoms with Crippen molar-refractivity contribution in [1.82, 2.24) is 15.5 Å². The number of hydrogen-bond donors (Lipinski definition) is 1. The number of hydrogen-bond acceptors (Lipinski definition) is 5. The summed E-state index contributed by atoms with van der Waals surface area (Å²) in [6.07, 6.45) is 7.33. The summed E-state index contributed by atoms with van der Waals surface area (Å²) >= 11 is 2.05. The van der Waals surface area contributed by atoms with E-state index in [1.54, 1.807) is 0 Å². The number of nitrogens with one attached hydrogen (secondary N) is 1. The van der Waals surface area contributed by atoms with Gasteiger partial charge in [0.25, 0.3) is 0 Å². The lowest BCUT2D eigenvalue weighted by Crippen LogP contribution is -2.27. The average molecular weight is 267 g/mol. The van der Waals surface area contributed by atoms with Crippen LogP contribution in [0.25, 0.3) is 0 Å². The van der Waals surface area contributed by atoms with E-state index >= 15 is 0 Å². The van der Waals surface area contributed by atoms with Gasteiger partial charge in [0, 0.05) is 5.92 Å². The van der Waals surface area contributed by atoms with Gasteiger partial charge in [0.15, 0.2) is 5.82 Å². The van der Waals surface area contributed by atoms with Crippen LogP contribution in [0.2, 0.25) is 0 Å². The van der Waals surface area contributed by atoms with Crippen molar-refractivity contribution in [2.45, 2.75) is 50.5 Å². The van der Waals surface area contributed by atoms with Gasteiger partial charge in [0.05, 0.1) is 6.04 Å². The highest BCUT2D eigenvalue weighted by molar-refractivity contribution is 7.99. The molecule has 4 nitrogen and oxygen atoms in total. The fourth-order valence-electron chi connectivity index (χ4n) is 2.78. The molecule has 100 valence electrons. The van der Waals surface area contributed by atoms with Crippen LogP contribution in [0.15, 0.2) is 4.52 Å². The molecular formula is C13H21N3OS. The summed E-state index contributed by atoms with van der Waals surface area (Å²) in [4.78, 5) is 4.65. The Morgan fingerprint density at radius 1 is 1.11 bits per heavy atom. The molecule has 0 radical (unpaired) electrons. The zero-order valence-corrected chi connectivity index (χ0v) is 11.5. The molecule has 5 heteroatoms. The largest absolute Gasteiger partial charge is 0.338 e. The standard InChI is InChI=1S/C13H21N3OS/c1-2-7-14-11(5-1)13-15-12(16-17-13)10-4-3-8-18-9-6-10/h10-11,14H,1-9H2/t10-,11+/m1/s1. The van der Waals surface area contributed by atoms with Gasteiger partial charge < -0.3 is 9.84 Å². The van der Waals surface area contributed by atoms with Crippen LogP contribution in [0.4, 0.5) is 0 Å². The van der Waals surface area contributed by atoms with Crippen LogP contribution < -0.4 is 5.32 Å². The third-order valence-electron chi connectivity index (χ3n) is 3.88. The lowest BCUT2D eigenvalue weighted by atomic mass is 10.00. The summed E-state index contributed by atoms with van der Waals surface area (Å²) in [7, 11) is 0. The molecule has 2 atom stereocenters. The van der Waals surface area contributed by atoms with Crippen molar-refractivity contribution in [1.29, 1.82) is 0 Å². The maximum absolute atomic E-state index is 5.47. The first-order valence-corrected chi connectivity index (χ1v) is 8.23. The summed E-state index contributed by atoms with van der Waals surface area (Å²) in [5, 5.41) is 7.68. The minimum absolute atomic E-state index is 0.292. The third-order valence-corrected chi connectivity index (χ3v) is 4.98. The molecule has 0 aliphatic carbocycles. The number of aromatic nitrogens is 2. The Morgan fingerprint density at radius 2 is 2.11 bits per heavy atom. The Bertz CT molecular complexity index is 368. The molecule has 2 aliphatic heterocycles. The van der Waals surface area contributed by atoms with E-state index in [0.717, 1.165) is 24.7 Å². The molecule has 2 fully saturated rings. The molecule has 1 aromatic heterocycles. The first-order chi connectivity index (χ1) is 8.93. The predicted molar refractivity (Wildman–Crippen MR) is 72.8 cm³/mol. The first-order valence-electron chi connectivity index (χ1n) is 7.08. The number of rotatable bonds is 2. The Hall–Kier alpha value is -0.550. The molecule has 0 spiro atoms. The summed E-state index contributed by atoms with van der Waals surface area (Å²) in [5.41, 5.74) is 0. The zero-order chi connectivity index (χ0) is 12.2. The van der Waals surface area contributed by atoms with Gasteiger partial charge in [0.1, 0.15) is 0 Å². The first kappa shape index (κ1) is 12.5. The molecule has 1 N–H and O–H groups in total. The van der Waals surface area contributed by atoms with E-state index in [1.165, 1.54) is 43.6 Å². The van der Waals surface area contributed by atoms with Crippen molar-refractivity contribution in [2.75, 3.05) is 18.1 Å². The van der Waals surface area contributed by atoms with E-state index < -0.39 is 0 Å². The summed E-state index contributed by atoms with van der Waals surface area (Å²) in [6, 6.07) is 0.292. The predicted octanol–water partition coefficient (Wildman–Crippen LogP) is 2.88. The van der Waals surface area contributed by atoms with Gasteiger partial charge in [-0.25, -0.2) is 0 Å². The Balaban J connectivity index is 1.67. The monoisotopic (exact) mass is 267 g/mol. The molecule has 0 unspecified atom stereocenters. The molecule has 0 amide bonds. The van der Waals surface area contributed by atoms with Crippen LogP contribution in [-0.4, -0.2) is 28.2 Å². The number of thioether (sulfide) groups is 1. The van der Waals surface area contributed by atoms with Gasteiger partial charge in [0.2, 0.25) is 5.89 Å². The third kappa shape index (κ3) is 2.88. The van der Waals surface area contributed by atoms with E-state index in [-0.39, 0.29) is 0 Å². The fraction of sp³-hybridized carbons (Fsp3) is 0.846.